The molecule has 0 atom stereocenters. The number of anilines is 3. The molecule has 0 fully saturated rings. The van der Waals surface area contributed by atoms with Crippen LogP contribution in [0, 0.1) is 0 Å². The number of aromatic nitrogens is 2. The third-order valence-electron chi connectivity index (χ3n) is 8.90. The molecule has 1 heterocycles. The Hall–Kier alpha value is -5.54. The summed E-state index contributed by atoms with van der Waals surface area (Å²) >= 11 is 0. The molecule has 8 rings (SSSR count). The molecule has 1 aromatic heterocycles. The van der Waals surface area contributed by atoms with Crippen LogP contribution in [0.4, 0.5) is 17.3 Å². The Kier molecular flexibility index (Phi) is 6.13. The van der Waals surface area contributed by atoms with Crippen LogP contribution in [0.5, 0.6) is 0 Å². The zero-order valence-electron chi connectivity index (χ0n) is 24.8. The van der Waals surface area contributed by atoms with Crippen molar-refractivity contribution in [2.75, 3.05) is 4.90 Å². The van der Waals surface area contributed by atoms with Crippen molar-refractivity contribution < 1.29 is 0 Å². The zero-order valence-corrected chi connectivity index (χ0v) is 24.8. The molecule has 0 spiro atoms. The predicted molar refractivity (Wildman–Crippen MR) is 183 cm³/mol. The van der Waals surface area contributed by atoms with E-state index in [-0.39, 0.29) is 5.41 Å². The highest BCUT2D eigenvalue weighted by atomic mass is 15.3. The van der Waals surface area contributed by atoms with E-state index < -0.39 is 0 Å². The number of para-hydroxylation sites is 1. The minimum Gasteiger partial charge on any atom is -0.279 e. The van der Waals surface area contributed by atoms with Crippen molar-refractivity contribution in [1.29, 1.82) is 0 Å². The van der Waals surface area contributed by atoms with Crippen LogP contribution in [-0.4, -0.2) is 9.97 Å². The normalized spacial score (nSPS) is 13.0. The van der Waals surface area contributed by atoms with E-state index in [1.807, 2.05) is 12.1 Å². The van der Waals surface area contributed by atoms with E-state index in [1.54, 1.807) is 0 Å². The topological polar surface area (TPSA) is 29.0 Å². The van der Waals surface area contributed by atoms with Crippen LogP contribution in [0.3, 0.4) is 0 Å². The maximum Gasteiger partial charge on any atom is 0.235 e. The third kappa shape index (κ3) is 4.20. The lowest BCUT2D eigenvalue weighted by Crippen LogP contribution is -2.17. The first-order valence-corrected chi connectivity index (χ1v) is 15.1. The van der Waals surface area contributed by atoms with Crippen molar-refractivity contribution in [3.63, 3.8) is 0 Å². The van der Waals surface area contributed by atoms with Crippen LogP contribution in [0.15, 0.2) is 152 Å². The first-order chi connectivity index (χ1) is 21.6. The average Bonchev–Trinajstić information content (AvgIpc) is 3.32. The third-order valence-corrected chi connectivity index (χ3v) is 8.90. The Morgan fingerprint density at radius 1 is 0.500 bits per heavy atom. The van der Waals surface area contributed by atoms with Gasteiger partial charge in [-0.1, -0.05) is 141 Å². The van der Waals surface area contributed by atoms with Crippen LogP contribution >= 0.6 is 0 Å². The molecule has 0 bridgehead atoms. The summed E-state index contributed by atoms with van der Waals surface area (Å²) in [5, 5.41) is 1.03. The van der Waals surface area contributed by atoms with E-state index in [0.717, 1.165) is 33.5 Å². The zero-order chi connectivity index (χ0) is 29.7. The molecule has 3 heteroatoms. The summed E-state index contributed by atoms with van der Waals surface area (Å²) in [4.78, 5) is 12.8. The van der Waals surface area contributed by atoms with Gasteiger partial charge in [0.1, 0.15) is 0 Å². The monoisotopic (exact) mass is 565 g/mol. The van der Waals surface area contributed by atoms with Gasteiger partial charge in [-0.05, 0) is 52.1 Å². The first-order valence-electron chi connectivity index (χ1n) is 15.1. The summed E-state index contributed by atoms with van der Waals surface area (Å²) in [7, 11) is 0. The summed E-state index contributed by atoms with van der Waals surface area (Å²) in [5.41, 5.74) is 12.4. The fourth-order valence-electron chi connectivity index (χ4n) is 6.70. The van der Waals surface area contributed by atoms with Gasteiger partial charge in [-0.25, -0.2) is 9.97 Å². The molecule has 0 amide bonds. The van der Waals surface area contributed by atoms with Gasteiger partial charge in [-0.15, -0.1) is 0 Å². The summed E-state index contributed by atoms with van der Waals surface area (Å²) in [6, 6.07) is 53.4. The SMILES string of the molecule is CC1(C)c2ccccc2-c2c(N(c3ccc(-c4ccccc4)cc3)c3nc(-c4ccccc4)c4ccccc4n3)cccc21. The average molecular weight is 566 g/mol. The number of hydrogen-bond acceptors (Lipinski definition) is 3. The molecule has 1 aliphatic rings. The lowest BCUT2D eigenvalue weighted by atomic mass is 9.82. The van der Waals surface area contributed by atoms with Gasteiger partial charge in [0, 0.05) is 27.6 Å². The van der Waals surface area contributed by atoms with Crippen molar-refractivity contribution >= 4 is 28.2 Å². The molecular weight excluding hydrogens is 534 g/mol. The fraction of sp³-hybridized carbons (Fsp3) is 0.0732. The minimum absolute atomic E-state index is 0.121. The molecular formula is C41H31N3. The molecule has 0 N–H and O–H groups in total. The van der Waals surface area contributed by atoms with Gasteiger partial charge in [0.15, 0.2) is 0 Å². The van der Waals surface area contributed by atoms with Gasteiger partial charge in [0.05, 0.1) is 16.9 Å². The van der Waals surface area contributed by atoms with Crippen LogP contribution in [0.25, 0.3) is 44.4 Å². The second kappa shape index (κ2) is 10.3. The largest absolute Gasteiger partial charge is 0.279 e. The second-order valence-electron chi connectivity index (χ2n) is 11.9. The number of benzene rings is 6. The fourth-order valence-corrected chi connectivity index (χ4v) is 6.70. The summed E-state index contributed by atoms with van der Waals surface area (Å²) in [6.45, 7) is 4.64. The molecule has 210 valence electrons. The smallest absolute Gasteiger partial charge is 0.235 e. The molecule has 7 aromatic rings. The molecule has 1 aliphatic carbocycles. The van der Waals surface area contributed by atoms with Crippen LogP contribution in [-0.2, 0) is 5.41 Å². The molecule has 0 saturated heterocycles. The van der Waals surface area contributed by atoms with Gasteiger partial charge in [0.25, 0.3) is 0 Å². The first kappa shape index (κ1) is 26.1. The molecule has 0 saturated carbocycles. The van der Waals surface area contributed by atoms with Crippen LogP contribution < -0.4 is 4.90 Å². The van der Waals surface area contributed by atoms with Crippen molar-refractivity contribution in [3.8, 4) is 33.5 Å². The Balaban J connectivity index is 1.40. The highest BCUT2D eigenvalue weighted by molar-refractivity contribution is 5.97. The van der Waals surface area contributed by atoms with E-state index in [1.165, 1.54) is 33.4 Å². The number of nitrogens with zero attached hydrogens (tertiary/aromatic N) is 3. The minimum atomic E-state index is -0.121. The number of rotatable bonds is 5. The molecule has 44 heavy (non-hydrogen) atoms. The Morgan fingerprint density at radius 3 is 1.89 bits per heavy atom. The Bertz CT molecular complexity index is 2130. The van der Waals surface area contributed by atoms with E-state index in [4.69, 9.17) is 9.97 Å². The lowest BCUT2D eigenvalue weighted by molar-refractivity contribution is 0.660. The quantitative estimate of drug-likeness (QED) is 0.208. The van der Waals surface area contributed by atoms with Gasteiger partial charge in [-0.2, -0.15) is 0 Å². The van der Waals surface area contributed by atoms with Crippen LogP contribution in [0.1, 0.15) is 25.0 Å². The second-order valence-corrected chi connectivity index (χ2v) is 11.9. The molecule has 0 radical (unpaired) electrons. The highest BCUT2D eigenvalue weighted by Gasteiger charge is 2.38. The van der Waals surface area contributed by atoms with E-state index in [9.17, 15) is 0 Å². The summed E-state index contributed by atoms with van der Waals surface area (Å²) < 4.78 is 0. The lowest BCUT2D eigenvalue weighted by Gasteiger charge is -2.28. The molecule has 0 unspecified atom stereocenters. The van der Waals surface area contributed by atoms with Crippen molar-refractivity contribution in [3.05, 3.63) is 163 Å². The van der Waals surface area contributed by atoms with Gasteiger partial charge in [0.2, 0.25) is 5.95 Å². The van der Waals surface area contributed by atoms with E-state index in [2.05, 4.69) is 158 Å². The van der Waals surface area contributed by atoms with E-state index >= 15 is 0 Å². The maximum atomic E-state index is 5.34. The van der Waals surface area contributed by atoms with Crippen molar-refractivity contribution in [2.24, 2.45) is 0 Å². The van der Waals surface area contributed by atoms with E-state index in [0.29, 0.717) is 5.95 Å². The highest BCUT2D eigenvalue weighted by Crippen LogP contribution is 2.54. The summed E-state index contributed by atoms with van der Waals surface area (Å²) in [5.74, 6) is 0.644. The van der Waals surface area contributed by atoms with Gasteiger partial charge in [-0.3, -0.25) is 4.90 Å². The van der Waals surface area contributed by atoms with Crippen molar-refractivity contribution in [1.82, 2.24) is 9.97 Å². The van der Waals surface area contributed by atoms with Gasteiger partial charge < -0.3 is 0 Å². The standard InChI is InChI=1S/C41H31N3/c1-41(2)34-20-11-9-18-32(34)38-35(41)21-13-23-37(38)44(31-26-24-29(25-27-31)28-14-5-3-6-15-28)40-42-36-22-12-10-19-33(36)39(43-40)30-16-7-4-8-17-30/h3-27H,1-2H3. The number of hydrogen-bond donors (Lipinski definition) is 0. The summed E-state index contributed by atoms with van der Waals surface area (Å²) in [6.07, 6.45) is 0. The maximum absolute atomic E-state index is 5.34. The van der Waals surface area contributed by atoms with Gasteiger partial charge >= 0.3 is 0 Å². The Morgan fingerprint density at radius 2 is 1.11 bits per heavy atom. The Labute approximate surface area is 258 Å². The molecule has 3 nitrogen and oxygen atoms in total. The molecule has 6 aromatic carbocycles. The number of fused-ring (bicyclic) bond motifs is 4. The molecule has 0 aliphatic heterocycles. The van der Waals surface area contributed by atoms with Crippen LogP contribution in [0.2, 0.25) is 0 Å². The van der Waals surface area contributed by atoms with Crippen molar-refractivity contribution in [2.45, 2.75) is 19.3 Å². The predicted octanol–water partition coefficient (Wildman–Crippen LogP) is 10.7.